The first-order valence-corrected chi connectivity index (χ1v) is 6.75. The summed E-state index contributed by atoms with van der Waals surface area (Å²) in [5.41, 5.74) is 1.04. The molecule has 1 atom stereocenters. The molecule has 0 amide bonds. The van der Waals surface area contributed by atoms with Crippen LogP contribution in [0.3, 0.4) is 0 Å². The fourth-order valence-corrected chi connectivity index (χ4v) is 2.18. The molecule has 0 spiro atoms. The van der Waals surface area contributed by atoms with E-state index in [-0.39, 0.29) is 18.7 Å². The number of pyridine rings is 1. The summed E-state index contributed by atoms with van der Waals surface area (Å²) in [6.07, 6.45) is 1.57. The van der Waals surface area contributed by atoms with Crippen molar-refractivity contribution in [3.05, 3.63) is 75.1 Å². The molecular weight excluding hydrogens is 292 g/mol. The highest BCUT2D eigenvalue weighted by atomic mass is 35.5. The van der Waals surface area contributed by atoms with Crippen molar-refractivity contribution in [3.8, 4) is 0 Å². The molecule has 21 heavy (non-hydrogen) atoms. The third-order valence-corrected chi connectivity index (χ3v) is 3.35. The van der Waals surface area contributed by atoms with E-state index < -0.39 is 10.8 Å². The lowest BCUT2D eigenvalue weighted by Crippen LogP contribution is -2.17. The van der Waals surface area contributed by atoms with Gasteiger partial charge in [0.25, 0.3) is 0 Å². The second kappa shape index (κ2) is 6.95. The number of aromatic nitrogens is 1. The molecule has 0 bridgehead atoms. The lowest BCUT2D eigenvalue weighted by atomic mass is 9.93. The van der Waals surface area contributed by atoms with Gasteiger partial charge in [-0.3, -0.25) is 19.9 Å². The highest BCUT2D eigenvalue weighted by Crippen LogP contribution is 2.23. The Balaban J connectivity index is 2.18. The second-order valence-corrected chi connectivity index (χ2v) is 5.04. The predicted molar refractivity (Wildman–Crippen MR) is 79.2 cm³/mol. The van der Waals surface area contributed by atoms with E-state index in [4.69, 9.17) is 11.6 Å². The summed E-state index contributed by atoms with van der Waals surface area (Å²) < 4.78 is 0. The Hall–Kier alpha value is -2.27. The van der Waals surface area contributed by atoms with Crippen LogP contribution in [0.25, 0.3) is 0 Å². The first-order chi connectivity index (χ1) is 10.1. The minimum Gasteiger partial charge on any atom is -0.292 e. The molecule has 0 unspecified atom stereocenters. The van der Waals surface area contributed by atoms with E-state index in [1.54, 1.807) is 42.5 Å². The fraction of sp³-hybridized carbons (Fsp3) is 0.200. The molecule has 0 fully saturated rings. The zero-order valence-electron chi connectivity index (χ0n) is 11.1. The van der Waals surface area contributed by atoms with Crippen LogP contribution in [0.15, 0.2) is 48.7 Å². The molecule has 6 heteroatoms. The second-order valence-electron chi connectivity index (χ2n) is 4.61. The number of hydrogen-bond donors (Lipinski definition) is 0. The van der Waals surface area contributed by atoms with Gasteiger partial charge in [-0.05, 0) is 29.8 Å². The number of nitrogens with zero attached hydrogens (tertiary/aromatic N) is 2. The first-order valence-electron chi connectivity index (χ1n) is 6.38. The Kier molecular flexibility index (Phi) is 5.00. The van der Waals surface area contributed by atoms with E-state index in [1.165, 1.54) is 6.20 Å². The molecule has 0 saturated heterocycles. The zero-order valence-corrected chi connectivity index (χ0v) is 11.9. The predicted octanol–water partition coefficient (Wildman–Crippen LogP) is 3.37. The monoisotopic (exact) mass is 304 g/mol. The maximum absolute atomic E-state index is 12.2. The molecule has 0 aliphatic carbocycles. The molecule has 2 rings (SSSR count). The van der Waals surface area contributed by atoms with Gasteiger partial charge in [-0.15, -0.1) is 0 Å². The molecular formula is C15H13ClN2O3. The molecule has 0 aliphatic heterocycles. The van der Waals surface area contributed by atoms with Gasteiger partial charge < -0.3 is 0 Å². The number of Topliss-reactive ketones (excluding diaryl/α,β-unsaturated/α-hetero) is 1. The van der Waals surface area contributed by atoms with Crippen molar-refractivity contribution < 1.29 is 9.72 Å². The first kappa shape index (κ1) is 15.1. The van der Waals surface area contributed by atoms with Gasteiger partial charge in [0.1, 0.15) is 5.69 Å². The smallest absolute Gasteiger partial charge is 0.211 e. The van der Waals surface area contributed by atoms with E-state index in [0.29, 0.717) is 10.7 Å². The van der Waals surface area contributed by atoms with Crippen LogP contribution in [-0.4, -0.2) is 22.2 Å². The van der Waals surface area contributed by atoms with E-state index in [9.17, 15) is 14.9 Å². The molecule has 2 aromatic rings. The Labute approximate surface area is 126 Å². The van der Waals surface area contributed by atoms with Crippen LogP contribution >= 0.6 is 11.6 Å². The third kappa shape index (κ3) is 4.36. The Morgan fingerprint density at radius 3 is 2.52 bits per heavy atom. The van der Waals surface area contributed by atoms with Gasteiger partial charge >= 0.3 is 0 Å². The lowest BCUT2D eigenvalue weighted by Gasteiger charge is -2.12. The van der Waals surface area contributed by atoms with E-state index in [2.05, 4.69) is 4.98 Å². The van der Waals surface area contributed by atoms with Crippen LogP contribution in [0.2, 0.25) is 5.02 Å². The average Bonchev–Trinajstić information content (AvgIpc) is 2.48. The normalized spacial score (nSPS) is 11.9. The third-order valence-electron chi connectivity index (χ3n) is 3.09. The van der Waals surface area contributed by atoms with E-state index >= 15 is 0 Å². The van der Waals surface area contributed by atoms with Crippen molar-refractivity contribution in [1.29, 1.82) is 0 Å². The van der Waals surface area contributed by atoms with Crippen molar-refractivity contribution in [3.63, 3.8) is 0 Å². The summed E-state index contributed by atoms with van der Waals surface area (Å²) in [6, 6.07) is 11.8. The molecule has 0 saturated carbocycles. The van der Waals surface area contributed by atoms with Crippen molar-refractivity contribution in [2.75, 3.05) is 6.54 Å². The summed E-state index contributed by atoms with van der Waals surface area (Å²) in [7, 11) is 0. The number of carbonyl (C=O) groups is 1. The number of carbonyl (C=O) groups excluding carboxylic acids is 1. The van der Waals surface area contributed by atoms with Crippen LogP contribution in [0.1, 0.15) is 28.4 Å². The number of rotatable bonds is 6. The van der Waals surface area contributed by atoms with Gasteiger partial charge in [-0.25, -0.2) is 0 Å². The standard InChI is InChI=1S/C15H13ClN2O3/c16-13-6-4-11(5-7-13)12(10-18(20)21)9-15(19)14-3-1-2-8-17-14/h1-8,12H,9-10H2/t12-/m1/s1. The minimum absolute atomic E-state index is 0.0413. The molecule has 0 aliphatic rings. The lowest BCUT2D eigenvalue weighted by molar-refractivity contribution is -0.483. The molecule has 5 nitrogen and oxygen atoms in total. The minimum atomic E-state index is -0.494. The van der Waals surface area contributed by atoms with E-state index in [1.807, 2.05) is 0 Å². The summed E-state index contributed by atoms with van der Waals surface area (Å²) in [6.45, 7) is -0.305. The number of hydrogen-bond acceptors (Lipinski definition) is 4. The Bertz CT molecular complexity index is 629. The zero-order chi connectivity index (χ0) is 15.2. The van der Waals surface area contributed by atoms with Gasteiger partial charge in [-0.1, -0.05) is 29.8 Å². The van der Waals surface area contributed by atoms with Gasteiger partial charge in [0.15, 0.2) is 5.78 Å². The van der Waals surface area contributed by atoms with Crippen LogP contribution in [-0.2, 0) is 0 Å². The molecule has 1 aromatic heterocycles. The van der Waals surface area contributed by atoms with Crippen LogP contribution in [0.5, 0.6) is 0 Å². The number of benzene rings is 1. The molecule has 0 N–H and O–H groups in total. The molecule has 1 aromatic carbocycles. The molecule has 0 radical (unpaired) electrons. The summed E-state index contributed by atoms with van der Waals surface area (Å²) in [5, 5.41) is 11.4. The maximum Gasteiger partial charge on any atom is 0.211 e. The highest BCUT2D eigenvalue weighted by molar-refractivity contribution is 6.30. The Morgan fingerprint density at radius 2 is 1.95 bits per heavy atom. The number of nitro groups is 1. The van der Waals surface area contributed by atoms with Crippen molar-refractivity contribution in [2.45, 2.75) is 12.3 Å². The van der Waals surface area contributed by atoms with Gasteiger partial charge in [0, 0.05) is 22.6 Å². The summed E-state index contributed by atoms with van der Waals surface area (Å²) in [5.74, 6) is -0.704. The van der Waals surface area contributed by atoms with Gasteiger partial charge in [-0.2, -0.15) is 0 Å². The van der Waals surface area contributed by atoms with Crippen LogP contribution in [0.4, 0.5) is 0 Å². The molecule has 1 heterocycles. The number of ketones is 1. The average molecular weight is 305 g/mol. The fourth-order valence-electron chi connectivity index (χ4n) is 2.06. The SMILES string of the molecule is O=C(C[C@H](C[N+](=O)[O-])c1ccc(Cl)cc1)c1ccccn1. The van der Waals surface area contributed by atoms with Crippen LogP contribution < -0.4 is 0 Å². The topological polar surface area (TPSA) is 73.1 Å². The van der Waals surface area contributed by atoms with Crippen molar-refractivity contribution in [2.24, 2.45) is 0 Å². The van der Waals surface area contributed by atoms with Crippen LogP contribution in [0, 0.1) is 10.1 Å². The maximum atomic E-state index is 12.2. The highest BCUT2D eigenvalue weighted by Gasteiger charge is 2.22. The Morgan fingerprint density at radius 1 is 1.24 bits per heavy atom. The van der Waals surface area contributed by atoms with Gasteiger partial charge in [0.05, 0.1) is 5.92 Å². The van der Waals surface area contributed by atoms with Crippen molar-refractivity contribution in [1.82, 2.24) is 4.98 Å². The quantitative estimate of drug-likeness (QED) is 0.466. The summed E-state index contributed by atoms with van der Waals surface area (Å²) >= 11 is 5.81. The largest absolute Gasteiger partial charge is 0.292 e. The van der Waals surface area contributed by atoms with E-state index in [0.717, 1.165) is 5.56 Å². The summed E-state index contributed by atoms with van der Waals surface area (Å²) in [4.78, 5) is 26.6. The number of halogens is 1. The van der Waals surface area contributed by atoms with Gasteiger partial charge in [0.2, 0.25) is 6.54 Å². The van der Waals surface area contributed by atoms with Crippen molar-refractivity contribution >= 4 is 17.4 Å². The molecule has 108 valence electrons.